The number of hydrogen-bond acceptors (Lipinski definition) is 3. The lowest BCUT2D eigenvalue weighted by Crippen LogP contribution is -2.39. The maximum atomic E-state index is 12.3. The summed E-state index contributed by atoms with van der Waals surface area (Å²) in [6.45, 7) is 8.32. The summed E-state index contributed by atoms with van der Waals surface area (Å²) in [5.74, 6) is 0.213. The average Bonchev–Trinajstić information content (AvgIpc) is 2.31. The molecule has 0 aliphatic heterocycles. The van der Waals surface area contributed by atoms with Gasteiger partial charge in [-0.1, -0.05) is 19.9 Å². The average molecular weight is 284 g/mol. The zero-order chi connectivity index (χ0) is 14.6. The van der Waals surface area contributed by atoms with Crippen LogP contribution in [0.3, 0.4) is 0 Å². The predicted molar refractivity (Wildman–Crippen MR) is 78.5 cm³/mol. The Bertz CT molecular complexity index is 524. The van der Waals surface area contributed by atoms with E-state index in [2.05, 4.69) is 4.72 Å². The van der Waals surface area contributed by atoms with E-state index < -0.39 is 10.0 Å². The summed E-state index contributed by atoms with van der Waals surface area (Å²) >= 11 is 0. The molecule has 1 aromatic rings. The Morgan fingerprint density at radius 1 is 1.21 bits per heavy atom. The van der Waals surface area contributed by atoms with Gasteiger partial charge in [0.2, 0.25) is 10.0 Å². The van der Waals surface area contributed by atoms with Crippen LogP contribution in [-0.2, 0) is 10.0 Å². The van der Waals surface area contributed by atoms with E-state index in [0.29, 0.717) is 17.9 Å². The Morgan fingerprint density at radius 3 is 2.32 bits per heavy atom. The van der Waals surface area contributed by atoms with Gasteiger partial charge in [-0.25, -0.2) is 13.1 Å². The summed E-state index contributed by atoms with van der Waals surface area (Å²) in [5, 5.41) is 0. The largest absolute Gasteiger partial charge is 0.330 e. The second-order valence-corrected chi connectivity index (χ2v) is 7.01. The Balaban J connectivity index is 2.99. The van der Waals surface area contributed by atoms with E-state index in [1.54, 1.807) is 12.1 Å². The molecule has 0 bridgehead atoms. The minimum atomic E-state index is -3.47. The number of aryl methyl sites for hydroxylation is 2. The molecule has 3 N–H and O–H groups in total. The third kappa shape index (κ3) is 4.30. The van der Waals surface area contributed by atoms with E-state index >= 15 is 0 Å². The summed E-state index contributed by atoms with van der Waals surface area (Å²) in [7, 11) is -3.47. The molecule has 0 aromatic heterocycles. The maximum absolute atomic E-state index is 12.3. The Labute approximate surface area is 116 Å². The van der Waals surface area contributed by atoms with Gasteiger partial charge in [0.05, 0.1) is 4.90 Å². The van der Waals surface area contributed by atoms with Crippen molar-refractivity contribution in [1.82, 2.24) is 4.72 Å². The molecule has 0 radical (unpaired) electrons. The lowest BCUT2D eigenvalue weighted by molar-refractivity contribution is 0.428. The van der Waals surface area contributed by atoms with E-state index in [-0.39, 0.29) is 12.0 Å². The zero-order valence-electron chi connectivity index (χ0n) is 12.1. The van der Waals surface area contributed by atoms with Crippen LogP contribution in [0.5, 0.6) is 0 Å². The molecule has 1 unspecified atom stereocenters. The minimum Gasteiger partial charge on any atom is -0.330 e. The molecular weight excluding hydrogens is 260 g/mol. The van der Waals surface area contributed by atoms with Crippen molar-refractivity contribution in [2.75, 3.05) is 6.54 Å². The van der Waals surface area contributed by atoms with Gasteiger partial charge in [-0.3, -0.25) is 0 Å². The molecule has 0 amide bonds. The first kappa shape index (κ1) is 16.1. The van der Waals surface area contributed by atoms with E-state index in [1.165, 1.54) is 0 Å². The number of hydrogen-bond donors (Lipinski definition) is 2. The van der Waals surface area contributed by atoms with Crippen LogP contribution in [0.1, 0.15) is 31.4 Å². The number of sulfonamides is 1. The lowest BCUT2D eigenvalue weighted by Gasteiger charge is -2.21. The predicted octanol–water partition coefficient (Wildman–Crippen LogP) is 1.96. The normalized spacial score (nSPS) is 13.8. The summed E-state index contributed by atoms with van der Waals surface area (Å²) in [6.07, 6.45) is 0.641. The Hall–Kier alpha value is -0.910. The van der Waals surface area contributed by atoms with Crippen LogP contribution in [0.25, 0.3) is 0 Å². The van der Waals surface area contributed by atoms with Gasteiger partial charge in [0, 0.05) is 6.04 Å². The lowest BCUT2D eigenvalue weighted by atomic mass is 10.0. The molecule has 1 aromatic carbocycles. The highest BCUT2D eigenvalue weighted by Gasteiger charge is 2.22. The molecule has 0 saturated heterocycles. The molecule has 1 atom stereocenters. The van der Waals surface area contributed by atoms with Gasteiger partial charge < -0.3 is 5.73 Å². The fourth-order valence-corrected chi connectivity index (χ4v) is 3.36. The van der Waals surface area contributed by atoms with Gasteiger partial charge in [0.1, 0.15) is 0 Å². The SMILES string of the molecule is Cc1ccc(S(=O)(=O)NC(CCN)C(C)C)cc1C. The van der Waals surface area contributed by atoms with Crippen molar-refractivity contribution in [3.05, 3.63) is 29.3 Å². The topological polar surface area (TPSA) is 72.2 Å². The molecule has 4 nitrogen and oxygen atoms in total. The Kier molecular flexibility index (Phi) is 5.52. The highest BCUT2D eigenvalue weighted by molar-refractivity contribution is 7.89. The van der Waals surface area contributed by atoms with Gasteiger partial charge in [0.25, 0.3) is 0 Å². The quantitative estimate of drug-likeness (QED) is 0.838. The van der Waals surface area contributed by atoms with Crippen molar-refractivity contribution in [3.63, 3.8) is 0 Å². The van der Waals surface area contributed by atoms with Crippen LogP contribution >= 0.6 is 0 Å². The van der Waals surface area contributed by atoms with Gasteiger partial charge in [-0.2, -0.15) is 0 Å². The first-order chi connectivity index (χ1) is 8.77. The van der Waals surface area contributed by atoms with Crippen molar-refractivity contribution in [2.45, 2.75) is 45.1 Å². The molecule has 1 rings (SSSR count). The first-order valence-electron chi connectivity index (χ1n) is 6.57. The second-order valence-electron chi connectivity index (χ2n) is 5.30. The molecule has 19 heavy (non-hydrogen) atoms. The van der Waals surface area contributed by atoms with Gasteiger partial charge in [-0.15, -0.1) is 0 Å². The van der Waals surface area contributed by atoms with E-state index in [9.17, 15) is 8.42 Å². The van der Waals surface area contributed by atoms with Crippen LogP contribution in [-0.4, -0.2) is 21.0 Å². The van der Waals surface area contributed by atoms with Crippen LogP contribution in [0, 0.1) is 19.8 Å². The maximum Gasteiger partial charge on any atom is 0.240 e. The fourth-order valence-electron chi connectivity index (χ4n) is 1.86. The highest BCUT2D eigenvalue weighted by atomic mass is 32.2. The molecule has 0 fully saturated rings. The standard InChI is InChI=1S/C14H24N2O2S/c1-10(2)14(7-8-15)16-19(17,18)13-6-5-11(3)12(4)9-13/h5-6,9-10,14,16H,7-8,15H2,1-4H3. The van der Waals surface area contributed by atoms with E-state index in [0.717, 1.165) is 11.1 Å². The van der Waals surface area contributed by atoms with E-state index in [1.807, 2.05) is 33.8 Å². The molecule has 108 valence electrons. The molecular formula is C14H24N2O2S. The van der Waals surface area contributed by atoms with Crippen LogP contribution in [0.2, 0.25) is 0 Å². The van der Waals surface area contributed by atoms with Gasteiger partial charge in [-0.05, 0) is 56.0 Å². The van der Waals surface area contributed by atoms with Crippen molar-refractivity contribution in [3.8, 4) is 0 Å². The molecule has 0 spiro atoms. The number of benzene rings is 1. The Morgan fingerprint density at radius 2 is 1.84 bits per heavy atom. The third-order valence-corrected chi connectivity index (χ3v) is 4.87. The molecule has 0 aliphatic rings. The molecule has 0 heterocycles. The van der Waals surface area contributed by atoms with Crippen molar-refractivity contribution in [2.24, 2.45) is 11.7 Å². The van der Waals surface area contributed by atoms with Crippen molar-refractivity contribution < 1.29 is 8.42 Å². The fraction of sp³-hybridized carbons (Fsp3) is 0.571. The van der Waals surface area contributed by atoms with Crippen molar-refractivity contribution >= 4 is 10.0 Å². The zero-order valence-corrected chi connectivity index (χ0v) is 12.9. The highest BCUT2D eigenvalue weighted by Crippen LogP contribution is 2.16. The van der Waals surface area contributed by atoms with Crippen LogP contribution < -0.4 is 10.5 Å². The second kappa shape index (κ2) is 6.50. The molecule has 0 aliphatic carbocycles. The van der Waals surface area contributed by atoms with E-state index in [4.69, 9.17) is 5.73 Å². The van der Waals surface area contributed by atoms with Gasteiger partial charge >= 0.3 is 0 Å². The first-order valence-corrected chi connectivity index (χ1v) is 8.06. The molecule has 0 saturated carbocycles. The van der Waals surface area contributed by atoms with Crippen molar-refractivity contribution in [1.29, 1.82) is 0 Å². The number of nitrogens with one attached hydrogen (secondary N) is 1. The third-order valence-electron chi connectivity index (χ3n) is 3.38. The summed E-state index contributed by atoms with van der Waals surface area (Å²) in [4.78, 5) is 0.318. The summed E-state index contributed by atoms with van der Waals surface area (Å²) < 4.78 is 27.4. The van der Waals surface area contributed by atoms with Gasteiger partial charge in [0.15, 0.2) is 0 Å². The minimum absolute atomic E-state index is 0.128. The summed E-state index contributed by atoms with van der Waals surface area (Å²) in [5.41, 5.74) is 7.59. The van der Waals surface area contributed by atoms with Crippen LogP contribution in [0.15, 0.2) is 23.1 Å². The molecule has 5 heteroatoms. The smallest absolute Gasteiger partial charge is 0.240 e. The number of nitrogens with two attached hydrogens (primary N) is 1. The summed E-state index contributed by atoms with van der Waals surface area (Å²) in [6, 6.07) is 5.05. The van der Waals surface area contributed by atoms with Crippen LogP contribution in [0.4, 0.5) is 0 Å². The number of rotatable bonds is 6. The monoisotopic (exact) mass is 284 g/mol.